The summed E-state index contributed by atoms with van der Waals surface area (Å²) < 4.78 is 1.17. The van der Waals surface area contributed by atoms with Gasteiger partial charge < -0.3 is 5.73 Å². The molecule has 2 heterocycles. The molecular weight excluding hydrogens is 284 g/mol. The van der Waals surface area contributed by atoms with Crippen LogP contribution in [0, 0.1) is 0 Å². The van der Waals surface area contributed by atoms with Gasteiger partial charge in [0.1, 0.15) is 0 Å². The summed E-state index contributed by atoms with van der Waals surface area (Å²) in [6.45, 7) is 6.53. The van der Waals surface area contributed by atoms with Gasteiger partial charge in [0.2, 0.25) is 0 Å². The van der Waals surface area contributed by atoms with Gasteiger partial charge in [0.05, 0.1) is 6.04 Å². The summed E-state index contributed by atoms with van der Waals surface area (Å²) in [6, 6.07) is 2.59. The maximum absolute atomic E-state index is 5.96. The molecule has 1 aliphatic rings. The Morgan fingerprint density at radius 1 is 1.62 bits per heavy atom. The summed E-state index contributed by atoms with van der Waals surface area (Å²) in [5, 5.41) is 2.14. The van der Waals surface area contributed by atoms with Crippen molar-refractivity contribution in [1.82, 2.24) is 4.90 Å². The fourth-order valence-electron chi connectivity index (χ4n) is 2.61. The van der Waals surface area contributed by atoms with Crippen molar-refractivity contribution in [3.05, 3.63) is 20.8 Å². The molecule has 1 saturated heterocycles. The molecule has 2 nitrogen and oxygen atoms in total. The minimum absolute atomic E-state index is 0.292. The molecule has 90 valence electrons. The summed E-state index contributed by atoms with van der Waals surface area (Å²) in [5.74, 6) is 0. The van der Waals surface area contributed by atoms with Gasteiger partial charge in [0.25, 0.3) is 0 Å². The first-order valence-corrected chi connectivity index (χ1v) is 7.42. The van der Waals surface area contributed by atoms with Gasteiger partial charge in [-0.3, -0.25) is 4.90 Å². The highest BCUT2D eigenvalue weighted by Crippen LogP contribution is 2.38. The van der Waals surface area contributed by atoms with Gasteiger partial charge in [-0.25, -0.2) is 0 Å². The van der Waals surface area contributed by atoms with E-state index >= 15 is 0 Å². The van der Waals surface area contributed by atoms with Gasteiger partial charge >= 0.3 is 0 Å². The smallest absolute Gasteiger partial charge is 0.0569 e. The van der Waals surface area contributed by atoms with E-state index in [2.05, 4.69) is 46.1 Å². The van der Waals surface area contributed by atoms with Crippen LogP contribution < -0.4 is 5.73 Å². The molecular formula is C12H19BrN2S. The second-order valence-corrected chi connectivity index (χ2v) is 6.89. The molecule has 1 unspecified atom stereocenters. The molecule has 16 heavy (non-hydrogen) atoms. The third-order valence-electron chi connectivity index (χ3n) is 3.48. The van der Waals surface area contributed by atoms with Crippen LogP contribution in [0.25, 0.3) is 0 Å². The monoisotopic (exact) mass is 302 g/mol. The van der Waals surface area contributed by atoms with E-state index in [1.165, 1.54) is 28.7 Å². The van der Waals surface area contributed by atoms with E-state index in [0.29, 0.717) is 18.1 Å². The summed E-state index contributed by atoms with van der Waals surface area (Å²) in [4.78, 5) is 3.94. The van der Waals surface area contributed by atoms with Crippen molar-refractivity contribution in [2.45, 2.75) is 38.3 Å². The molecule has 0 radical (unpaired) electrons. The average molecular weight is 303 g/mol. The van der Waals surface area contributed by atoms with Gasteiger partial charge in [-0.1, -0.05) is 0 Å². The number of nitrogens with two attached hydrogens (primary N) is 1. The average Bonchev–Trinajstić information content (AvgIpc) is 2.76. The zero-order valence-corrected chi connectivity index (χ0v) is 12.3. The first-order valence-electron chi connectivity index (χ1n) is 5.75. The van der Waals surface area contributed by atoms with Crippen molar-refractivity contribution in [1.29, 1.82) is 0 Å². The van der Waals surface area contributed by atoms with Crippen LogP contribution >= 0.6 is 27.3 Å². The summed E-state index contributed by atoms with van der Waals surface area (Å²) in [5.41, 5.74) is 6.26. The van der Waals surface area contributed by atoms with Crippen LogP contribution in [-0.4, -0.2) is 23.5 Å². The highest BCUT2D eigenvalue weighted by Gasteiger charge is 2.37. The Balaban J connectivity index is 2.23. The Bertz CT molecular complexity index is 362. The van der Waals surface area contributed by atoms with Gasteiger partial charge in [0.15, 0.2) is 0 Å². The Kier molecular flexibility index (Phi) is 3.74. The number of thiophene rings is 1. The number of halogens is 1. The predicted octanol–water partition coefficient (Wildman–Crippen LogP) is 3.38. The third kappa shape index (κ3) is 2.35. The van der Waals surface area contributed by atoms with E-state index in [9.17, 15) is 0 Å². The van der Waals surface area contributed by atoms with Crippen molar-refractivity contribution in [3.8, 4) is 0 Å². The largest absolute Gasteiger partial charge is 0.329 e. The van der Waals surface area contributed by atoms with Crippen LogP contribution in [0.1, 0.15) is 37.6 Å². The zero-order chi connectivity index (χ0) is 11.8. The molecule has 0 spiro atoms. The van der Waals surface area contributed by atoms with Gasteiger partial charge in [-0.15, -0.1) is 11.3 Å². The van der Waals surface area contributed by atoms with Crippen LogP contribution in [0.4, 0.5) is 0 Å². The molecule has 1 aliphatic heterocycles. The Labute approximate surface area is 110 Å². The summed E-state index contributed by atoms with van der Waals surface area (Å²) in [6.07, 6.45) is 2.56. The molecule has 1 fully saturated rings. The van der Waals surface area contributed by atoms with Crippen LogP contribution in [-0.2, 0) is 0 Å². The minimum atomic E-state index is 0.292. The number of nitrogens with zero attached hydrogens (tertiary/aromatic N) is 1. The normalized spacial score (nSPS) is 22.5. The van der Waals surface area contributed by atoms with E-state index < -0.39 is 0 Å². The fraction of sp³-hybridized carbons (Fsp3) is 0.667. The topological polar surface area (TPSA) is 29.3 Å². The van der Waals surface area contributed by atoms with E-state index in [1.54, 1.807) is 11.3 Å². The number of hydrogen-bond acceptors (Lipinski definition) is 3. The lowest BCUT2D eigenvalue weighted by Gasteiger charge is -2.37. The molecule has 0 saturated carbocycles. The lowest BCUT2D eigenvalue weighted by molar-refractivity contribution is 0.121. The molecule has 1 aromatic rings. The Morgan fingerprint density at radius 2 is 2.38 bits per heavy atom. The van der Waals surface area contributed by atoms with Crippen molar-refractivity contribution in [2.24, 2.45) is 5.73 Å². The Morgan fingerprint density at radius 3 is 2.81 bits per heavy atom. The molecule has 2 N–H and O–H groups in total. The van der Waals surface area contributed by atoms with E-state index in [4.69, 9.17) is 5.73 Å². The lowest BCUT2D eigenvalue weighted by Crippen LogP contribution is -2.43. The summed E-state index contributed by atoms with van der Waals surface area (Å²) in [7, 11) is 0. The van der Waals surface area contributed by atoms with Crippen LogP contribution in [0.3, 0.4) is 0 Å². The molecule has 0 aromatic carbocycles. The van der Waals surface area contributed by atoms with Crippen molar-refractivity contribution < 1.29 is 0 Å². The van der Waals surface area contributed by atoms with Gasteiger partial charge in [-0.2, -0.15) is 0 Å². The highest BCUT2D eigenvalue weighted by molar-refractivity contribution is 9.10. The quantitative estimate of drug-likeness (QED) is 0.927. The third-order valence-corrected chi connectivity index (χ3v) is 5.28. The van der Waals surface area contributed by atoms with Crippen molar-refractivity contribution >= 4 is 27.3 Å². The maximum Gasteiger partial charge on any atom is 0.0569 e. The molecule has 2 rings (SSSR count). The lowest BCUT2D eigenvalue weighted by atomic mass is 10.00. The first-order chi connectivity index (χ1) is 7.54. The minimum Gasteiger partial charge on any atom is -0.329 e. The van der Waals surface area contributed by atoms with Gasteiger partial charge in [-0.05, 0) is 55.2 Å². The fourth-order valence-corrected chi connectivity index (χ4v) is 4.18. The Hall–Kier alpha value is 0.1000. The number of rotatable bonds is 3. The van der Waals surface area contributed by atoms with Crippen LogP contribution in [0.5, 0.6) is 0 Å². The molecule has 1 aromatic heterocycles. The molecule has 1 atom stereocenters. The van der Waals surface area contributed by atoms with E-state index in [1.807, 2.05) is 0 Å². The van der Waals surface area contributed by atoms with Crippen LogP contribution in [0.2, 0.25) is 0 Å². The van der Waals surface area contributed by atoms with Crippen molar-refractivity contribution in [3.63, 3.8) is 0 Å². The second kappa shape index (κ2) is 4.77. The SMILES string of the molecule is CC1(C)CCCN1C(CN)c1cc(Br)cs1. The van der Waals surface area contributed by atoms with Crippen LogP contribution in [0.15, 0.2) is 15.9 Å². The van der Waals surface area contributed by atoms with Crippen molar-refractivity contribution in [2.75, 3.05) is 13.1 Å². The predicted molar refractivity (Wildman–Crippen MR) is 73.8 cm³/mol. The second-order valence-electron chi connectivity index (χ2n) is 5.03. The molecule has 4 heteroatoms. The summed E-state index contributed by atoms with van der Waals surface area (Å²) >= 11 is 5.32. The van der Waals surface area contributed by atoms with E-state index in [-0.39, 0.29) is 0 Å². The number of likely N-dealkylation sites (tertiary alicyclic amines) is 1. The maximum atomic E-state index is 5.96. The van der Waals surface area contributed by atoms with E-state index in [0.717, 1.165) is 0 Å². The number of hydrogen-bond donors (Lipinski definition) is 1. The molecule has 0 aliphatic carbocycles. The molecule has 0 amide bonds. The highest BCUT2D eigenvalue weighted by atomic mass is 79.9. The zero-order valence-electron chi connectivity index (χ0n) is 9.87. The van der Waals surface area contributed by atoms with Gasteiger partial charge in [0, 0.05) is 26.8 Å². The molecule has 0 bridgehead atoms. The standard InChI is InChI=1S/C12H19BrN2S/c1-12(2)4-3-5-15(12)10(7-14)11-6-9(13)8-16-11/h6,8,10H,3-5,7,14H2,1-2H3. The first kappa shape index (κ1) is 12.6.